The van der Waals surface area contributed by atoms with Gasteiger partial charge in [-0.3, -0.25) is 9.69 Å². The molecule has 0 radical (unpaired) electrons. The second-order valence-electron chi connectivity index (χ2n) is 5.06. The minimum absolute atomic E-state index is 0.0184. The number of nitrogens with zero attached hydrogens (tertiary/aromatic N) is 1. The van der Waals surface area contributed by atoms with Gasteiger partial charge in [-0.25, -0.2) is 8.42 Å². The molecule has 0 saturated carbocycles. The molecule has 104 valence electrons. The van der Waals surface area contributed by atoms with Crippen molar-refractivity contribution in [2.75, 3.05) is 19.8 Å². The van der Waals surface area contributed by atoms with Gasteiger partial charge < -0.3 is 5.11 Å². The average molecular weight is 283 g/mol. The molecule has 0 spiro atoms. The summed E-state index contributed by atoms with van der Waals surface area (Å²) < 4.78 is 24.2. The molecule has 0 amide bonds. The van der Waals surface area contributed by atoms with E-state index >= 15 is 0 Å². The standard InChI is InChI=1S/C13H17NO4S/c1-14(2)13(9-12(15)16)7-8-19(17,18)11-6-4-3-5-10(11)13/h3-6H,7-9H2,1-2H3,(H,15,16). The fourth-order valence-corrected chi connectivity index (χ4v) is 4.43. The first-order valence-corrected chi connectivity index (χ1v) is 7.66. The molecule has 1 aromatic carbocycles. The summed E-state index contributed by atoms with van der Waals surface area (Å²) >= 11 is 0. The van der Waals surface area contributed by atoms with Crippen molar-refractivity contribution in [1.82, 2.24) is 4.90 Å². The van der Waals surface area contributed by atoms with E-state index < -0.39 is 21.3 Å². The van der Waals surface area contributed by atoms with Gasteiger partial charge >= 0.3 is 5.97 Å². The molecule has 1 atom stereocenters. The maximum atomic E-state index is 12.1. The third kappa shape index (κ3) is 2.26. The Morgan fingerprint density at radius 1 is 1.37 bits per heavy atom. The van der Waals surface area contributed by atoms with Crippen molar-refractivity contribution in [2.24, 2.45) is 0 Å². The van der Waals surface area contributed by atoms with Gasteiger partial charge in [-0.2, -0.15) is 0 Å². The summed E-state index contributed by atoms with van der Waals surface area (Å²) in [6.45, 7) is 0. The van der Waals surface area contributed by atoms with Crippen molar-refractivity contribution >= 4 is 15.8 Å². The van der Waals surface area contributed by atoms with Crippen LogP contribution in [-0.4, -0.2) is 44.2 Å². The fourth-order valence-electron chi connectivity index (χ4n) is 2.73. The van der Waals surface area contributed by atoms with Crippen LogP contribution in [0, 0.1) is 0 Å². The Morgan fingerprint density at radius 2 is 2.00 bits per heavy atom. The number of carbonyl (C=O) groups is 1. The minimum atomic E-state index is -3.30. The van der Waals surface area contributed by atoms with Gasteiger partial charge in [0.15, 0.2) is 9.84 Å². The number of aliphatic carboxylic acids is 1. The first kappa shape index (κ1) is 14.0. The summed E-state index contributed by atoms with van der Waals surface area (Å²) in [4.78, 5) is 13.2. The van der Waals surface area contributed by atoms with Gasteiger partial charge in [0.2, 0.25) is 0 Å². The monoisotopic (exact) mass is 283 g/mol. The number of fused-ring (bicyclic) bond motifs is 1. The normalized spacial score (nSPS) is 25.0. The number of benzene rings is 1. The van der Waals surface area contributed by atoms with Crippen LogP contribution >= 0.6 is 0 Å². The molecule has 1 N–H and O–H groups in total. The quantitative estimate of drug-likeness (QED) is 0.899. The zero-order valence-electron chi connectivity index (χ0n) is 11.0. The second-order valence-corrected chi connectivity index (χ2v) is 7.14. The Kier molecular flexibility index (Phi) is 3.40. The maximum Gasteiger partial charge on any atom is 0.305 e. The van der Waals surface area contributed by atoms with Crippen LogP contribution in [0.25, 0.3) is 0 Å². The molecule has 0 bridgehead atoms. The fraction of sp³-hybridized carbons (Fsp3) is 0.462. The Bertz CT molecular complexity index is 609. The van der Waals surface area contributed by atoms with Gasteiger partial charge in [-0.1, -0.05) is 18.2 Å². The van der Waals surface area contributed by atoms with Crippen LogP contribution < -0.4 is 0 Å². The highest BCUT2D eigenvalue weighted by Gasteiger charge is 2.44. The highest BCUT2D eigenvalue weighted by Crippen LogP contribution is 2.42. The van der Waals surface area contributed by atoms with Gasteiger partial charge in [-0.15, -0.1) is 0 Å². The van der Waals surface area contributed by atoms with Gasteiger partial charge in [0.1, 0.15) is 0 Å². The lowest BCUT2D eigenvalue weighted by Crippen LogP contribution is -2.47. The third-order valence-electron chi connectivity index (χ3n) is 3.81. The van der Waals surface area contributed by atoms with Gasteiger partial charge in [0, 0.05) is 0 Å². The summed E-state index contributed by atoms with van der Waals surface area (Å²) in [5, 5.41) is 9.16. The van der Waals surface area contributed by atoms with Gasteiger partial charge in [-0.05, 0) is 32.1 Å². The second kappa shape index (κ2) is 4.61. The number of carboxylic acid groups (broad SMARTS) is 1. The molecule has 1 aliphatic heterocycles. The first-order chi connectivity index (χ1) is 8.79. The van der Waals surface area contributed by atoms with Crippen LogP contribution in [-0.2, 0) is 20.2 Å². The van der Waals surface area contributed by atoms with E-state index in [1.807, 2.05) is 4.90 Å². The molecular formula is C13H17NO4S. The van der Waals surface area contributed by atoms with E-state index in [9.17, 15) is 13.2 Å². The summed E-state index contributed by atoms with van der Waals surface area (Å²) in [6.07, 6.45) is 0.193. The van der Waals surface area contributed by atoms with Crippen molar-refractivity contribution in [2.45, 2.75) is 23.3 Å². The molecule has 1 aromatic rings. The molecule has 5 nitrogen and oxygen atoms in total. The number of sulfone groups is 1. The Hall–Kier alpha value is -1.40. The molecule has 6 heteroatoms. The van der Waals surface area contributed by atoms with E-state index in [4.69, 9.17) is 5.11 Å². The summed E-state index contributed by atoms with van der Waals surface area (Å²) in [7, 11) is 0.277. The molecule has 1 unspecified atom stereocenters. The Morgan fingerprint density at radius 3 is 2.58 bits per heavy atom. The van der Waals surface area contributed by atoms with Crippen LogP contribution in [0.1, 0.15) is 18.4 Å². The number of hydrogen-bond acceptors (Lipinski definition) is 4. The maximum absolute atomic E-state index is 12.1. The van der Waals surface area contributed by atoms with Crippen molar-refractivity contribution in [1.29, 1.82) is 0 Å². The van der Waals surface area contributed by atoms with Crippen molar-refractivity contribution < 1.29 is 18.3 Å². The summed E-state index contributed by atoms with van der Waals surface area (Å²) in [5.41, 5.74) is -0.165. The minimum Gasteiger partial charge on any atom is -0.481 e. The van der Waals surface area contributed by atoms with Crippen LogP contribution in [0.4, 0.5) is 0 Å². The molecule has 0 aromatic heterocycles. The Balaban J connectivity index is 2.68. The zero-order chi connectivity index (χ0) is 14.3. The lowest BCUT2D eigenvalue weighted by atomic mass is 9.82. The molecule has 0 saturated heterocycles. The highest BCUT2D eigenvalue weighted by molar-refractivity contribution is 7.91. The van der Waals surface area contributed by atoms with Gasteiger partial charge in [0.05, 0.1) is 22.6 Å². The van der Waals surface area contributed by atoms with E-state index in [0.717, 1.165) is 0 Å². The van der Waals surface area contributed by atoms with Crippen LogP contribution in [0.15, 0.2) is 29.2 Å². The molecule has 19 heavy (non-hydrogen) atoms. The van der Waals surface area contributed by atoms with E-state index in [0.29, 0.717) is 12.0 Å². The average Bonchev–Trinajstić information content (AvgIpc) is 2.33. The molecule has 0 fully saturated rings. The molecule has 0 aliphatic carbocycles. The van der Waals surface area contributed by atoms with E-state index in [1.165, 1.54) is 0 Å². The van der Waals surface area contributed by atoms with Gasteiger partial charge in [0.25, 0.3) is 0 Å². The SMILES string of the molecule is CN(C)C1(CC(=O)O)CCS(=O)(=O)c2ccccc21. The smallest absolute Gasteiger partial charge is 0.305 e. The number of carboxylic acids is 1. The molecule has 1 heterocycles. The van der Waals surface area contributed by atoms with Crippen molar-refractivity contribution in [3.63, 3.8) is 0 Å². The zero-order valence-corrected chi connectivity index (χ0v) is 11.8. The first-order valence-electron chi connectivity index (χ1n) is 6.01. The van der Waals surface area contributed by atoms with Crippen molar-refractivity contribution in [3.05, 3.63) is 29.8 Å². The topological polar surface area (TPSA) is 74.7 Å². The Labute approximate surface area is 112 Å². The van der Waals surface area contributed by atoms with E-state index in [-0.39, 0.29) is 17.1 Å². The van der Waals surface area contributed by atoms with E-state index in [2.05, 4.69) is 0 Å². The highest BCUT2D eigenvalue weighted by atomic mass is 32.2. The largest absolute Gasteiger partial charge is 0.481 e. The van der Waals surface area contributed by atoms with Crippen LogP contribution in [0.5, 0.6) is 0 Å². The third-order valence-corrected chi connectivity index (χ3v) is 5.58. The predicted molar refractivity (Wildman–Crippen MR) is 70.7 cm³/mol. The summed E-state index contributed by atoms with van der Waals surface area (Å²) in [5.74, 6) is -0.946. The lowest BCUT2D eigenvalue weighted by Gasteiger charge is -2.43. The van der Waals surface area contributed by atoms with Crippen molar-refractivity contribution in [3.8, 4) is 0 Å². The molecule has 2 rings (SSSR count). The molecular weight excluding hydrogens is 266 g/mol. The van der Waals surface area contributed by atoms with Crippen LogP contribution in [0.2, 0.25) is 0 Å². The number of hydrogen-bond donors (Lipinski definition) is 1. The predicted octanol–water partition coefficient (Wildman–Crippen LogP) is 1.10. The number of rotatable bonds is 3. The lowest BCUT2D eigenvalue weighted by molar-refractivity contribution is -0.140. The van der Waals surface area contributed by atoms with Crippen LogP contribution in [0.3, 0.4) is 0 Å². The summed E-state index contributed by atoms with van der Waals surface area (Å²) in [6, 6.07) is 6.70. The van der Waals surface area contributed by atoms with E-state index in [1.54, 1.807) is 38.4 Å². The molecule has 1 aliphatic rings.